The molecule has 0 aliphatic carbocycles. The lowest BCUT2D eigenvalue weighted by molar-refractivity contribution is 1.27. The first-order valence-electron chi connectivity index (χ1n) is 9.67. The van der Waals surface area contributed by atoms with Gasteiger partial charge < -0.3 is 0 Å². The second-order valence-corrected chi connectivity index (χ2v) is 7.51. The predicted octanol–water partition coefficient (Wildman–Crippen LogP) is 6.82. The highest BCUT2D eigenvalue weighted by Crippen LogP contribution is 2.32. The van der Waals surface area contributed by atoms with Crippen molar-refractivity contribution in [2.24, 2.45) is 0 Å². The molecule has 0 aliphatic heterocycles. The maximum absolute atomic E-state index is 5.01. The zero-order valence-electron chi connectivity index (χ0n) is 16.4. The molecule has 5 aromatic rings. The molecule has 2 nitrogen and oxygen atoms in total. The quantitative estimate of drug-likeness (QED) is 0.337. The number of aryl methyl sites for hydroxylation is 2. The van der Waals surface area contributed by atoms with E-state index in [4.69, 9.17) is 4.98 Å². The fraction of sp³-hybridized carbons (Fsp3) is 0.115. The maximum Gasteiger partial charge on any atom is 0.146 e. The summed E-state index contributed by atoms with van der Waals surface area (Å²) < 4.78 is 2.30. The Morgan fingerprint density at radius 2 is 1.50 bits per heavy atom. The Morgan fingerprint density at radius 3 is 2.29 bits per heavy atom. The van der Waals surface area contributed by atoms with E-state index in [2.05, 4.69) is 104 Å². The Hall–Kier alpha value is -3.39. The van der Waals surface area contributed by atoms with Crippen molar-refractivity contribution in [1.82, 2.24) is 9.38 Å². The summed E-state index contributed by atoms with van der Waals surface area (Å²) in [6, 6.07) is 25.7. The van der Waals surface area contributed by atoms with E-state index in [9.17, 15) is 0 Å². The van der Waals surface area contributed by atoms with Gasteiger partial charge in [-0.25, -0.2) is 4.98 Å². The highest BCUT2D eigenvalue weighted by Gasteiger charge is 2.15. The van der Waals surface area contributed by atoms with Gasteiger partial charge in [0.15, 0.2) is 0 Å². The molecular formula is C26H22N2. The molecule has 28 heavy (non-hydrogen) atoms. The van der Waals surface area contributed by atoms with Crippen LogP contribution in [0.4, 0.5) is 0 Å². The van der Waals surface area contributed by atoms with Crippen LogP contribution in [0.1, 0.15) is 29.2 Å². The van der Waals surface area contributed by atoms with Gasteiger partial charge in [0, 0.05) is 10.9 Å². The monoisotopic (exact) mass is 362 g/mol. The molecule has 2 aromatic heterocycles. The molecule has 0 spiro atoms. The average Bonchev–Trinajstić information content (AvgIpc) is 3.11. The first-order chi connectivity index (χ1) is 13.6. The first-order valence-corrected chi connectivity index (χ1v) is 9.67. The van der Waals surface area contributed by atoms with Crippen molar-refractivity contribution < 1.29 is 0 Å². The molecule has 0 bridgehead atoms. The van der Waals surface area contributed by atoms with Crippen LogP contribution in [0, 0.1) is 13.8 Å². The molecule has 2 heterocycles. The van der Waals surface area contributed by atoms with Gasteiger partial charge in [0.05, 0.1) is 16.6 Å². The first kappa shape index (κ1) is 16.8. The second kappa shape index (κ2) is 6.35. The third kappa shape index (κ3) is 2.53. The van der Waals surface area contributed by atoms with Crippen molar-refractivity contribution in [1.29, 1.82) is 0 Å². The standard InChI is InChI=1S/C26H22N2/c1-17-12-14-20(15-13-17)18(2)16-22-19(3)21-8-4-6-10-24(21)28-25-11-7-5-9-23(25)27-26(22)28/h4-16H,1-3H3/b18-16+. The molecule has 0 radical (unpaired) electrons. The molecule has 3 aromatic carbocycles. The van der Waals surface area contributed by atoms with E-state index in [-0.39, 0.29) is 0 Å². The van der Waals surface area contributed by atoms with Crippen LogP contribution >= 0.6 is 0 Å². The number of para-hydroxylation sites is 3. The lowest BCUT2D eigenvalue weighted by atomic mass is 9.99. The van der Waals surface area contributed by atoms with Gasteiger partial charge in [-0.3, -0.25) is 4.40 Å². The van der Waals surface area contributed by atoms with Crippen molar-refractivity contribution in [2.75, 3.05) is 0 Å². The number of hydrogen-bond donors (Lipinski definition) is 0. The maximum atomic E-state index is 5.01. The van der Waals surface area contributed by atoms with Crippen LogP contribution in [0.3, 0.4) is 0 Å². The smallest absolute Gasteiger partial charge is 0.146 e. The summed E-state index contributed by atoms with van der Waals surface area (Å²) in [6.07, 6.45) is 2.29. The molecule has 2 heteroatoms. The van der Waals surface area contributed by atoms with Crippen molar-refractivity contribution in [3.05, 3.63) is 95.1 Å². The van der Waals surface area contributed by atoms with Crippen molar-refractivity contribution in [2.45, 2.75) is 20.8 Å². The predicted molar refractivity (Wildman–Crippen MR) is 120 cm³/mol. The largest absolute Gasteiger partial charge is 0.292 e. The van der Waals surface area contributed by atoms with Gasteiger partial charge in [-0.05, 0) is 61.7 Å². The molecule has 0 unspecified atom stereocenters. The van der Waals surface area contributed by atoms with Gasteiger partial charge in [0.2, 0.25) is 0 Å². The molecule has 136 valence electrons. The molecule has 0 fully saturated rings. The van der Waals surface area contributed by atoms with E-state index in [0.717, 1.165) is 16.7 Å². The number of benzene rings is 3. The molecule has 0 saturated carbocycles. The summed E-state index contributed by atoms with van der Waals surface area (Å²) >= 11 is 0. The number of aromatic nitrogens is 2. The summed E-state index contributed by atoms with van der Waals surface area (Å²) in [7, 11) is 0. The van der Waals surface area contributed by atoms with Gasteiger partial charge in [-0.15, -0.1) is 0 Å². The minimum atomic E-state index is 1.02. The van der Waals surface area contributed by atoms with Crippen LogP contribution in [-0.4, -0.2) is 9.38 Å². The highest BCUT2D eigenvalue weighted by atomic mass is 15.0. The fourth-order valence-corrected chi connectivity index (χ4v) is 4.04. The van der Waals surface area contributed by atoms with Crippen molar-refractivity contribution >= 4 is 39.2 Å². The molecule has 0 aliphatic rings. The van der Waals surface area contributed by atoms with Gasteiger partial charge in [-0.1, -0.05) is 60.2 Å². The molecule has 0 atom stereocenters. The number of pyridine rings is 1. The fourth-order valence-electron chi connectivity index (χ4n) is 4.04. The summed E-state index contributed by atoms with van der Waals surface area (Å²) in [5.74, 6) is 0. The molecular weight excluding hydrogens is 340 g/mol. The summed E-state index contributed by atoms with van der Waals surface area (Å²) in [5.41, 5.74) is 10.6. The Labute approximate surface area is 164 Å². The van der Waals surface area contributed by atoms with E-state index in [0.29, 0.717) is 0 Å². The van der Waals surface area contributed by atoms with Gasteiger partial charge in [0.1, 0.15) is 5.65 Å². The zero-order chi connectivity index (χ0) is 19.3. The van der Waals surface area contributed by atoms with Gasteiger partial charge in [0.25, 0.3) is 0 Å². The van der Waals surface area contributed by atoms with E-state index in [1.54, 1.807) is 0 Å². The number of nitrogens with zero attached hydrogens (tertiary/aromatic N) is 2. The van der Waals surface area contributed by atoms with Crippen LogP contribution in [-0.2, 0) is 0 Å². The molecule has 0 amide bonds. The van der Waals surface area contributed by atoms with Crippen molar-refractivity contribution in [3.63, 3.8) is 0 Å². The summed E-state index contributed by atoms with van der Waals surface area (Å²) in [5, 5.41) is 1.26. The van der Waals surface area contributed by atoms with Crippen LogP contribution in [0.2, 0.25) is 0 Å². The Balaban J connectivity index is 1.88. The average molecular weight is 362 g/mol. The molecule has 0 saturated heterocycles. The summed E-state index contributed by atoms with van der Waals surface area (Å²) in [4.78, 5) is 5.01. The minimum Gasteiger partial charge on any atom is -0.292 e. The third-order valence-electron chi connectivity index (χ3n) is 5.62. The lowest BCUT2D eigenvalue weighted by Gasteiger charge is -2.12. The van der Waals surface area contributed by atoms with Crippen LogP contribution in [0.5, 0.6) is 0 Å². The minimum absolute atomic E-state index is 1.02. The highest BCUT2D eigenvalue weighted by molar-refractivity contribution is 5.99. The van der Waals surface area contributed by atoms with E-state index in [1.807, 2.05) is 0 Å². The van der Waals surface area contributed by atoms with E-state index < -0.39 is 0 Å². The zero-order valence-corrected chi connectivity index (χ0v) is 16.4. The topological polar surface area (TPSA) is 17.3 Å². The number of rotatable bonds is 2. The Morgan fingerprint density at radius 1 is 0.821 bits per heavy atom. The Bertz CT molecular complexity index is 1370. The number of allylic oxidation sites excluding steroid dienone is 1. The van der Waals surface area contributed by atoms with E-state index in [1.165, 1.54) is 38.7 Å². The third-order valence-corrected chi connectivity index (χ3v) is 5.62. The van der Waals surface area contributed by atoms with Gasteiger partial charge in [-0.2, -0.15) is 0 Å². The number of hydrogen-bond acceptors (Lipinski definition) is 1. The van der Waals surface area contributed by atoms with Crippen LogP contribution < -0.4 is 0 Å². The second-order valence-electron chi connectivity index (χ2n) is 7.51. The van der Waals surface area contributed by atoms with Crippen molar-refractivity contribution in [3.8, 4) is 0 Å². The summed E-state index contributed by atoms with van der Waals surface area (Å²) in [6.45, 7) is 6.50. The lowest BCUT2D eigenvalue weighted by Crippen LogP contribution is -1.96. The molecule has 5 rings (SSSR count). The normalized spacial score (nSPS) is 12.3. The Kier molecular flexibility index (Phi) is 3.80. The SMILES string of the molecule is C/C(=C\c1c(C)c2ccccc2n2c1nc1ccccc12)c1ccc(C)cc1. The van der Waals surface area contributed by atoms with Crippen LogP contribution in [0.25, 0.3) is 39.2 Å². The van der Waals surface area contributed by atoms with Gasteiger partial charge >= 0.3 is 0 Å². The van der Waals surface area contributed by atoms with E-state index >= 15 is 0 Å². The number of imidazole rings is 1. The molecule has 0 N–H and O–H groups in total. The van der Waals surface area contributed by atoms with Crippen LogP contribution in [0.15, 0.2) is 72.8 Å². The number of fused-ring (bicyclic) bond motifs is 5.